The first-order valence-corrected chi connectivity index (χ1v) is 8.22. The number of fused-ring (bicyclic) bond motifs is 1. The van der Waals surface area contributed by atoms with Crippen LogP contribution in [0.25, 0.3) is 10.9 Å². The number of aromatic nitrogens is 1. The molecule has 0 atom stereocenters. The van der Waals surface area contributed by atoms with Crippen molar-refractivity contribution in [3.63, 3.8) is 0 Å². The van der Waals surface area contributed by atoms with Crippen molar-refractivity contribution in [2.24, 2.45) is 0 Å². The molecule has 124 valence electrons. The minimum absolute atomic E-state index is 0.346. The Morgan fingerprint density at radius 1 is 1.26 bits per heavy atom. The molecular formula is C18H24N2O3. The van der Waals surface area contributed by atoms with Gasteiger partial charge in [-0.15, -0.1) is 0 Å². The molecule has 0 radical (unpaired) electrons. The molecule has 23 heavy (non-hydrogen) atoms. The molecule has 1 aliphatic heterocycles. The number of hydrogen-bond donors (Lipinski definition) is 1. The standard InChI is InChI=1S/C18H24N2O3/c1-13(2)16-12-20(6-5-19-7-9-23-10-8-19)17-11-14(18(21)22)3-4-15(16)17/h3-4,11-13H,5-10H2,1-2H3,(H,21,22). The lowest BCUT2D eigenvalue weighted by atomic mass is 10.0. The molecule has 1 N–H and O–H groups in total. The highest BCUT2D eigenvalue weighted by Crippen LogP contribution is 2.28. The van der Waals surface area contributed by atoms with Gasteiger partial charge >= 0.3 is 5.97 Å². The summed E-state index contributed by atoms with van der Waals surface area (Å²) >= 11 is 0. The molecule has 0 saturated carbocycles. The Morgan fingerprint density at radius 2 is 2.00 bits per heavy atom. The lowest BCUT2D eigenvalue weighted by molar-refractivity contribution is 0.0365. The van der Waals surface area contributed by atoms with Gasteiger partial charge in [0.1, 0.15) is 0 Å². The molecule has 1 saturated heterocycles. The first-order chi connectivity index (χ1) is 11.1. The summed E-state index contributed by atoms with van der Waals surface area (Å²) in [5.41, 5.74) is 2.64. The van der Waals surface area contributed by atoms with Crippen molar-refractivity contribution in [1.82, 2.24) is 9.47 Å². The smallest absolute Gasteiger partial charge is 0.335 e. The van der Waals surface area contributed by atoms with E-state index in [1.54, 1.807) is 12.1 Å². The average molecular weight is 316 g/mol. The zero-order chi connectivity index (χ0) is 16.4. The second-order valence-corrected chi connectivity index (χ2v) is 6.42. The fourth-order valence-corrected chi connectivity index (χ4v) is 3.17. The molecule has 0 unspecified atom stereocenters. The summed E-state index contributed by atoms with van der Waals surface area (Å²) in [5.74, 6) is -0.461. The van der Waals surface area contributed by atoms with E-state index in [1.165, 1.54) is 5.56 Å². The molecule has 0 bridgehead atoms. The van der Waals surface area contributed by atoms with E-state index >= 15 is 0 Å². The molecule has 2 heterocycles. The SMILES string of the molecule is CC(C)c1cn(CCN2CCOCC2)c2cc(C(=O)O)ccc12. The average Bonchev–Trinajstić information content (AvgIpc) is 2.92. The second-order valence-electron chi connectivity index (χ2n) is 6.42. The zero-order valence-corrected chi connectivity index (χ0v) is 13.8. The van der Waals surface area contributed by atoms with Gasteiger partial charge in [-0.05, 0) is 23.6 Å². The topological polar surface area (TPSA) is 54.7 Å². The summed E-state index contributed by atoms with van der Waals surface area (Å²) in [6.07, 6.45) is 2.18. The van der Waals surface area contributed by atoms with Crippen LogP contribution in [0.1, 0.15) is 35.7 Å². The van der Waals surface area contributed by atoms with Crippen LogP contribution in [-0.4, -0.2) is 53.4 Å². The number of hydrogen-bond acceptors (Lipinski definition) is 3. The van der Waals surface area contributed by atoms with E-state index in [0.717, 1.165) is 50.3 Å². The summed E-state index contributed by atoms with van der Waals surface area (Å²) in [6.45, 7) is 9.71. The highest BCUT2D eigenvalue weighted by molar-refractivity contribution is 5.94. The van der Waals surface area contributed by atoms with Gasteiger partial charge in [0, 0.05) is 43.3 Å². The molecule has 5 nitrogen and oxygen atoms in total. The van der Waals surface area contributed by atoms with Crippen LogP contribution in [0.4, 0.5) is 0 Å². The number of ether oxygens (including phenoxy) is 1. The van der Waals surface area contributed by atoms with Gasteiger partial charge in [-0.3, -0.25) is 4.90 Å². The normalized spacial score (nSPS) is 16.3. The molecule has 2 aromatic rings. The quantitative estimate of drug-likeness (QED) is 0.921. The predicted molar refractivity (Wildman–Crippen MR) is 90.2 cm³/mol. The Labute approximate surface area is 136 Å². The molecular weight excluding hydrogens is 292 g/mol. The first-order valence-electron chi connectivity index (χ1n) is 8.22. The maximum absolute atomic E-state index is 11.3. The summed E-state index contributed by atoms with van der Waals surface area (Å²) in [4.78, 5) is 13.7. The van der Waals surface area contributed by atoms with E-state index in [0.29, 0.717) is 11.5 Å². The molecule has 5 heteroatoms. The Kier molecular flexibility index (Phi) is 4.68. The Bertz CT molecular complexity index is 700. The molecule has 0 amide bonds. The van der Waals surface area contributed by atoms with Crippen molar-refractivity contribution in [1.29, 1.82) is 0 Å². The largest absolute Gasteiger partial charge is 0.478 e. The number of nitrogens with zero attached hydrogens (tertiary/aromatic N) is 2. The molecule has 1 aromatic carbocycles. The fraction of sp³-hybridized carbons (Fsp3) is 0.500. The van der Waals surface area contributed by atoms with Crippen LogP contribution in [-0.2, 0) is 11.3 Å². The first kappa shape index (κ1) is 16.0. The van der Waals surface area contributed by atoms with E-state index in [9.17, 15) is 9.90 Å². The van der Waals surface area contributed by atoms with Crippen LogP contribution < -0.4 is 0 Å². The van der Waals surface area contributed by atoms with Gasteiger partial charge in [0.05, 0.1) is 18.8 Å². The summed E-state index contributed by atoms with van der Waals surface area (Å²) in [5, 5.41) is 10.4. The lowest BCUT2D eigenvalue weighted by Gasteiger charge is -2.26. The number of carbonyl (C=O) groups is 1. The van der Waals surface area contributed by atoms with Crippen molar-refractivity contribution in [2.75, 3.05) is 32.8 Å². The van der Waals surface area contributed by atoms with Crippen LogP contribution in [0.2, 0.25) is 0 Å². The highest BCUT2D eigenvalue weighted by Gasteiger charge is 2.15. The van der Waals surface area contributed by atoms with Gasteiger partial charge in [-0.2, -0.15) is 0 Å². The minimum Gasteiger partial charge on any atom is -0.478 e. The summed E-state index contributed by atoms with van der Waals surface area (Å²) in [6, 6.07) is 5.44. The van der Waals surface area contributed by atoms with Gasteiger partial charge in [0.15, 0.2) is 0 Å². The Morgan fingerprint density at radius 3 is 2.65 bits per heavy atom. The van der Waals surface area contributed by atoms with Crippen molar-refractivity contribution in [3.8, 4) is 0 Å². The molecule has 3 rings (SSSR count). The van der Waals surface area contributed by atoms with Gasteiger partial charge in [0.25, 0.3) is 0 Å². The van der Waals surface area contributed by atoms with E-state index < -0.39 is 5.97 Å². The van der Waals surface area contributed by atoms with E-state index in [1.807, 2.05) is 6.07 Å². The van der Waals surface area contributed by atoms with Crippen LogP contribution in [0.5, 0.6) is 0 Å². The van der Waals surface area contributed by atoms with E-state index in [-0.39, 0.29) is 0 Å². The maximum atomic E-state index is 11.3. The van der Waals surface area contributed by atoms with Crippen LogP contribution in [0.3, 0.4) is 0 Å². The molecule has 1 fully saturated rings. The highest BCUT2D eigenvalue weighted by atomic mass is 16.5. The molecule has 0 aliphatic carbocycles. The second kappa shape index (κ2) is 6.72. The minimum atomic E-state index is -0.876. The predicted octanol–water partition coefficient (Wildman–Crippen LogP) is 2.80. The lowest BCUT2D eigenvalue weighted by Crippen LogP contribution is -2.38. The fourth-order valence-electron chi connectivity index (χ4n) is 3.17. The van der Waals surface area contributed by atoms with Crippen molar-refractivity contribution >= 4 is 16.9 Å². The summed E-state index contributed by atoms with van der Waals surface area (Å²) in [7, 11) is 0. The Hall–Kier alpha value is -1.85. The third-order valence-electron chi connectivity index (χ3n) is 4.54. The van der Waals surface area contributed by atoms with Gasteiger partial charge in [0.2, 0.25) is 0 Å². The number of rotatable bonds is 5. The molecule has 0 spiro atoms. The zero-order valence-electron chi connectivity index (χ0n) is 13.8. The molecule has 1 aliphatic rings. The van der Waals surface area contributed by atoms with Crippen LogP contribution in [0, 0.1) is 0 Å². The van der Waals surface area contributed by atoms with Crippen molar-refractivity contribution < 1.29 is 14.6 Å². The van der Waals surface area contributed by atoms with Crippen LogP contribution >= 0.6 is 0 Å². The number of carboxylic acid groups (broad SMARTS) is 1. The van der Waals surface area contributed by atoms with E-state index in [4.69, 9.17) is 4.74 Å². The maximum Gasteiger partial charge on any atom is 0.335 e. The van der Waals surface area contributed by atoms with E-state index in [2.05, 4.69) is 29.5 Å². The number of aromatic carboxylic acids is 1. The number of morpholine rings is 1. The Balaban J connectivity index is 1.90. The van der Waals surface area contributed by atoms with Gasteiger partial charge in [-0.1, -0.05) is 19.9 Å². The van der Waals surface area contributed by atoms with Crippen molar-refractivity contribution in [3.05, 3.63) is 35.5 Å². The number of carboxylic acids is 1. The van der Waals surface area contributed by atoms with Crippen molar-refractivity contribution in [2.45, 2.75) is 26.3 Å². The van der Waals surface area contributed by atoms with Gasteiger partial charge in [-0.25, -0.2) is 4.79 Å². The van der Waals surface area contributed by atoms with Gasteiger partial charge < -0.3 is 14.4 Å². The monoisotopic (exact) mass is 316 g/mol. The summed E-state index contributed by atoms with van der Waals surface area (Å²) < 4.78 is 7.59. The number of benzene rings is 1. The third kappa shape index (κ3) is 3.41. The molecule has 1 aromatic heterocycles. The third-order valence-corrected chi connectivity index (χ3v) is 4.54. The van der Waals surface area contributed by atoms with Crippen LogP contribution in [0.15, 0.2) is 24.4 Å².